The van der Waals surface area contributed by atoms with Gasteiger partial charge in [-0.1, -0.05) is 30.4 Å². The third kappa shape index (κ3) is 3.49. The highest BCUT2D eigenvalue weighted by molar-refractivity contribution is 7.22. The Labute approximate surface area is 133 Å². The minimum Gasteiger partial charge on any atom is -0.302 e. The summed E-state index contributed by atoms with van der Waals surface area (Å²) in [6.07, 6.45) is 5.64. The number of aromatic nitrogens is 2. The molecule has 0 aliphatic rings. The molecule has 3 rings (SSSR count). The van der Waals surface area contributed by atoms with Crippen LogP contribution < -0.4 is 5.32 Å². The summed E-state index contributed by atoms with van der Waals surface area (Å²) in [6, 6.07) is 10.1. The second kappa shape index (κ2) is 6.66. The summed E-state index contributed by atoms with van der Waals surface area (Å²) in [5.74, 6) is -0.0152. The van der Waals surface area contributed by atoms with Gasteiger partial charge in [0.1, 0.15) is 0 Å². The fraction of sp³-hybridized carbons (Fsp3) is 0.235. The molecule has 3 aromatic rings. The highest BCUT2D eigenvalue weighted by Gasteiger charge is 2.08. The van der Waals surface area contributed by atoms with E-state index >= 15 is 0 Å². The summed E-state index contributed by atoms with van der Waals surface area (Å²) < 4.78 is 1.11. The van der Waals surface area contributed by atoms with Gasteiger partial charge in [0.05, 0.1) is 10.2 Å². The molecule has 0 saturated carbocycles. The van der Waals surface area contributed by atoms with Crippen LogP contribution >= 0.6 is 11.3 Å². The average molecular weight is 311 g/mol. The Bertz CT molecular complexity index is 783. The summed E-state index contributed by atoms with van der Waals surface area (Å²) in [7, 11) is 0. The van der Waals surface area contributed by atoms with Gasteiger partial charge in [-0.25, -0.2) is 4.98 Å². The first kappa shape index (κ1) is 14.7. The van der Waals surface area contributed by atoms with Crippen LogP contribution in [0.25, 0.3) is 10.2 Å². The monoisotopic (exact) mass is 311 g/mol. The smallest absolute Gasteiger partial charge is 0.226 e. The van der Waals surface area contributed by atoms with Crippen LogP contribution in [0.1, 0.15) is 24.5 Å². The van der Waals surface area contributed by atoms with Gasteiger partial charge in [0, 0.05) is 18.8 Å². The maximum atomic E-state index is 12.0. The largest absolute Gasteiger partial charge is 0.302 e. The molecule has 0 spiro atoms. The number of benzene rings is 1. The molecule has 0 aliphatic heterocycles. The highest BCUT2D eigenvalue weighted by atomic mass is 32.1. The fourth-order valence-corrected chi connectivity index (χ4v) is 3.17. The lowest BCUT2D eigenvalue weighted by atomic mass is 10.1. The number of rotatable bonds is 5. The molecule has 1 amide bonds. The minimum absolute atomic E-state index is 0.0152. The van der Waals surface area contributed by atoms with Crippen LogP contribution in [0.2, 0.25) is 0 Å². The summed E-state index contributed by atoms with van der Waals surface area (Å²) in [4.78, 5) is 20.5. The Morgan fingerprint density at radius 2 is 2.18 bits per heavy atom. The van der Waals surface area contributed by atoms with Gasteiger partial charge >= 0.3 is 0 Å². The van der Waals surface area contributed by atoms with E-state index < -0.39 is 0 Å². The number of carbonyl (C=O) groups excluding carboxylic acids is 1. The second-order valence-electron chi connectivity index (χ2n) is 5.08. The molecule has 4 nitrogen and oxygen atoms in total. The predicted molar refractivity (Wildman–Crippen MR) is 90.2 cm³/mol. The van der Waals surface area contributed by atoms with E-state index in [0.29, 0.717) is 18.0 Å². The summed E-state index contributed by atoms with van der Waals surface area (Å²) in [6.45, 7) is 2.13. The molecule has 2 heterocycles. The standard InChI is InChI=1S/C17H17N3OS/c1-2-12-5-7-14-15(10-12)22-17(19-14)20-16(21)8-6-13-4-3-9-18-11-13/h3-5,7,9-11H,2,6,8H2,1H3,(H,19,20,21). The fourth-order valence-electron chi connectivity index (χ4n) is 2.23. The van der Waals surface area contributed by atoms with Crippen LogP contribution in [0.5, 0.6) is 0 Å². The molecular formula is C17H17N3OS. The molecule has 1 N–H and O–H groups in total. The van der Waals surface area contributed by atoms with Crippen LogP contribution in [-0.2, 0) is 17.6 Å². The molecule has 0 atom stereocenters. The van der Waals surface area contributed by atoms with Crippen molar-refractivity contribution in [3.63, 3.8) is 0 Å². The zero-order valence-electron chi connectivity index (χ0n) is 12.4. The zero-order chi connectivity index (χ0) is 15.4. The van der Waals surface area contributed by atoms with E-state index in [9.17, 15) is 4.79 Å². The van der Waals surface area contributed by atoms with Crippen molar-refractivity contribution in [3.05, 3.63) is 53.9 Å². The van der Waals surface area contributed by atoms with Crippen molar-refractivity contribution in [2.75, 3.05) is 5.32 Å². The highest BCUT2D eigenvalue weighted by Crippen LogP contribution is 2.27. The Hall–Kier alpha value is -2.27. The van der Waals surface area contributed by atoms with Gasteiger partial charge in [-0.2, -0.15) is 0 Å². The predicted octanol–water partition coefficient (Wildman–Crippen LogP) is 3.83. The Morgan fingerprint density at radius 3 is 2.95 bits per heavy atom. The lowest BCUT2D eigenvalue weighted by molar-refractivity contribution is -0.116. The van der Waals surface area contributed by atoms with Crippen molar-refractivity contribution >= 4 is 32.6 Å². The maximum Gasteiger partial charge on any atom is 0.226 e. The van der Waals surface area contributed by atoms with Gasteiger partial charge in [0.15, 0.2) is 5.13 Å². The van der Waals surface area contributed by atoms with Crippen LogP contribution in [0, 0.1) is 0 Å². The number of nitrogens with zero attached hydrogens (tertiary/aromatic N) is 2. The number of carbonyl (C=O) groups is 1. The molecular weight excluding hydrogens is 294 g/mol. The SMILES string of the molecule is CCc1ccc2nc(NC(=O)CCc3cccnc3)sc2c1. The first-order valence-electron chi connectivity index (χ1n) is 7.33. The van der Waals surface area contributed by atoms with E-state index in [-0.39, 0.29) is 5.91 Å². The van der Waals surface area contributed by atoms with Crippen molar-refractivity contribution in [2.24, 2.45) is 0 Å². The molecule has 0 radical (unpaired) electrons. The lowest BCUT2D eigenvalue weighted by Crippen LogP contribution is -2.12. The third-order valence-corrected chi connectivity index (χ3v) is 4.40. The van der Waals surface area contributed by atoms with Crippen molar-refractivity contribution < 1.29 is 4.79 Å². The summed E-state index contributed by atoms with van der Waals surface area (Å²) in [5, 5.41) is 3.55. The first-order chi connectivity index (χ1) is 10.7. The van der Waals surface area contributed by atoms with Gasteiger partial charge < -0.3 is 5.32 Å². The molecule has 112 valence electrons. The lowest BCUT2D eigenvalue weighted by Gasteiger charge is -2.01. The molecule has 22 heavy (non-hydrogen) atoms. The molecule has 0 unspecified atom stereocenters. The number of anilines is 1. The number of nitrogens with one attached hydrogen (secondary N) is 1. The van der Waals surface area contributed by atoms with Gasteiger partial charge in [-0.05, 0) is 42.2 Å². The number of pyridine rings is 1. The van der Waals surface area contributed by atoms with Crippen molar-refractivity contribution in [1.82, 2.24) is 9.97 Å². The molecule has 0 bridgehead atoms. The topological polar surface area (TPSA) is 54.9 Å². The Kier molecular flexibility index (Phi) is 4.44. The molecule has 1 aromatic carbocycles. The second-order valence-corrected chi connectivity index (χ2v) is 6.11. The van der Waals surface area contributed by atoms with Gasteiger partial charge in [0.25, 0.3) is 0 Å². The number of thiazole rings is 1. The van der Waals surface area contributed by atoms with E-state index in [1.54, 1.807) is 12.4 Å². The number of hydrogen-bond donors (Lipinski definition) is 1. The van der Waals surface area contributed by atoms with Crippen LogP contribution in [0.4, 0.5) is 5.13 Å². The van der Waals surface area contributed by atoms with Crippen LogP contribution in [-0.4, -0.2) is 15.9 Å². The normalized spacial score (nSPS) is 10.8. The number of amides is 1. The molecule has 0 saturated heterocycles. The average Bonchev–Trinajstić information content (AvgIpc) is 2.95. The van der Waals surface area contributed by atoms with Crippen LogP contribution in [0.15, 0.2) is 42.7 Å². The van der Waals surface area contributed by atoms with E-state index in [1.165, 1.54) is 16.9 Å². The van der Waals surface area contributed by atoms with Gasteiger partial charge in [-0.3, -0.25) is 9.78 Å². The van der Waals surface area contributed by atoms with Crippen molar-refractivity contribution in [2.45, 2.75) is 26.2 Å². The van der Waals surface area contributed by atoms with Gasteiger partial charge in [0.2, 0.25) is 5.91 Å². The van der Waals surface area contributed by atoms with E-state index in [4.69, 9.17) is 0 Å². The van der Waals surface area contributed by atoms with Crippen molar-refractivity contribution in [3.8, 4) is 0 Å². The Balaban J connectivity index is 1.63. The number of aryl methyl sites for hydroxylation is 2. The first-order valence-corrected chi connectivity index (χ1v) is 8.14. The number of hydrogen-bond acceptors (Lipinski definition) is 4. The molecule has 0 aliphatic carbocycles. The van der Waals surface area contributed by atoms with E-state index in [1.807, 2.05) is 18.2 Å². The van der Waals surface area contributed by atoms with Crippen LogP contribution in [0.3, 0.4) is 0 Å². The van der Waals surface area contributed by atoms with Gasteiger partial charge in [-0.15, -0.1) is 0 Å². The maximum absolute atomic E-state index is 12.0. The Morgan fingerprint density at radius 1 is 1.27 bits per heavy atom. The number of fused-ring (bicyclic) bond motifs is 1. The minimum atomic E-state index is -0.0152. The zero-order valence-corrected chi connectivity index (χ0v) is 13.2. The molecule has 2 aromatic heterocycles. The van der Waals surface area contributed by atoms with E-state index in [0.717, 1.165) is 22.2 Å². The molecule has 0 fully saturated rings. The quantitative estimate of drug-likeness (QED) is 0.779. The molecule has 5 heteroatoms. The van der Waals surface area contributed by atoms with Crippen molar-refractivity contribution in [1.29, 1.82) is 0 Å². The summed E-state index contributed by atoms with van der Waals surface area (Å²) >= 11 is 1.52. The summed E-state index contributed by atoms with van der Waals surface area (Å²) in [5.41, 5.74) is 3.28. The van der Waals surface area contributed by atoms with E-state index in [2.05, 4.69) is 34.3 Å². The third-order valence-electron chi connectivity index (χ3n) is 3.47.